The number of ether oxygens (including phenoxy) is 2. The van der Waals surface area contributed by atoms with Gasteiger partial charge in [0.05, 0.1) is 90.3 Å². The fraction of sp³-hybridized carbons (Fsp3) is 0.0571. The van der Waals surface area contributed by atoms with Gasteiger partial charge in [-0.2, -0.15) is 0 Å². The molecule has 0 unspecified atom stereocenters. The SMILES string of the molecule is Cc1ccc2c(c1)N(c1cc3c4ccccc4c(N4c5cc(C)ccc5C(C)(C)c5cc6c7ccccc7n(-c7ccccc7)c6cc54)cc3c3ccccc13)c1cc3c(cc1C2(C)C)c1ccccc1n3-c1ccccc1.c1ccc2c(c1)Oc1cc3c(cc1N2c1c2ccccc2c(N2c4ccccc4Oc4cc5c(cc42)oc2c4ccccc4c4ccccc4c52)c2ccccc12)oc1c2ccccc2c2ccccc2c31. The Morgan fingerprint density at radius 3 is 0.873 bits per heavy atom. The number of hydrogen-bond acceptors (Lipinski definition) is 8. The molecule has 10 nitrogen and oxygen atoms in total. The van der Waals surface area contributed by atoms with Gasteiger partial charge in [0.2, 0.25) is 0 Å². The highest BCUT2D eigenvalue weighted by Gasteiger charge is 2.44. The van der Waals surface area contributed by atoms with E-state index in [9.17, 15) is 0 Å². The van der Waals surface area contributed by atoms with E-state index in [1.807, 2.05) is 12.1 Å². The van der Waals surface area contributed by atoms with E-state index in [0.717, 1.165) is 155 Å². The quantitative estimate of drug-likeness (QED) is 0.121. The second kappa shape index (κ2) is 31.2. The van der Waals surface area contributed by atoms with Crippen LogP contribution in [-0.2, 0) is 10.8 Å². The first-order chi connectivity index (χ1) is 73.8. The number of rotatable bonds is 6. The summed E-state index contributed by atoms with van der Waals surface area (Å²) >= 11 is 0. The molecule has 33 rings (SSSR count). The molecule has 0 radical (unpaired) electrons. The van der Waals surface area contributed by atoms with Crippen LogP contribution in [0.15, 0.2) is 458 Å². The molecular weight excluding hydrogens is 1830 g/mol. The van der Waals surface area contributed by atoms with Crippen LogP contribution in [0.1, 0.15) is 61.1 Å². The predicted octanol–water partition coefficient (Wildman–Crippen LogP) is 39.7. The van der Waals surface area contributed by atoms with Crippen LogP contribution < -0.4 is 29.1 Å². The van der Waals surface area contributed by atoms with Crippen molar-refractivity contribution in [2.45, 2.75) is 52.4 Å². The van der Waals surface area contributed by atoms with Gasteiger partial charge in [-0.15, -0.1) is 0 Å². The Bertz CT molecular complexity index is 10400. The van der Waals surface area contributed by atoms with Crippen molar-refractivity contribution in [3.05, 3.63) is 482 Å². The summed E-state index contributed by atoms with van der Waals surface area (Å²) in [6, 6.07) is 164. The average Bonchev–Trinajstić information content (AvgIpc) is 1.40. The van der Waals surface area contributed by atoms with Gasteiger partial charge < -0.3 is 47.0 Å². The van der Waals surface area contributed by atoms with Crippen LogP contribution in [0.3, 0.4) is 0 Å². The Morgan fingerprint density at radius 1 is 0.180 bits per heavy atom. The van der Waals surface area contributed by atoms with E-state index in [1.165, 1.54) is 165 Å². The average molecular weight is 1920 g/mol. The minimum atomic E-state index is -0.289. The number of para-hydroxylation sites is 8. The monoisotopic (exact) mass is 1920 g/mol. The summed E-state index contributed by atoms with van der Waals surface area (Å²) < 4.78 is 32.9. The lowest BCUT2D eigenvalue weighted by molar-refractivity contribution is 0.477. The van der Waals surface area contributed by atoms with E-state index in [0.29, 0.717) is 0 Å². The van der Waals surface area contributed by atoms with Crippen LogP contribution in [0.25, 0.3) is 196 Å². The van der Waals surface area contributed by atoms with Crippen molar-refractivity contribution in [2.24, 2.45) is 0 Å². The van der Waals surface area contributed by atoms with Crippen molar-refractivity contribution >= 4 is 253 Å². The van der Waals surface area contributed by atoms with Crippen molar-refractivity contribution in [2.75, 3.05) is 19.6 Å². The minimum Gasteiger partial charge on any atom is -0.455 e. The molecule has 706 valence electrons. The molecule has 0 spiro atoms. The molecule has 4 aliphatic heterocycles. The summed E-state index contributed by atoms with van der Waals surface area (Å²) in [6.07, 6.45) is 0. The van der Waals surface area contributed by atoms with E-state index in [2.05, 4.69) is 507 Å². The molecule has 0 bridgehead atoms. The zero-order valence-corrected chi connectivity index (χ0v) is 83.0. The third kappa shape index (κ3) is 11.8. The highest BCUT2D eigenvalue weighted by Crippen LogP contribution is 2.65. The molecule has 4 aliphatic rings. The Balaban J connectivity index is 0.000000133. The Kier molecular flexibility index (Phi) is 17.5. The van der Waals surface area contributed by atoms with E-state index in [-0.39, 0.29) is 10.8 Å². The zero-order valence-electron chi connectivity index (χ0n) is 83.0. The zero-order chi connectivity index (χ0) is 99.1. The predicted molar refractivity (Wildman–Crippen MR) is 626 cm³/mol. The van der Waals surface area contributed by atoms with Crippen molar-refractivity contribution in [3.63, 3.8) is 0 Å². The summed E-state index contributed by atoms with van der Waals surface area (Å²) in [5.41, 5.74) is 30.5. The van der Waals surface area contributed by atoms with Crippen LogP contribution in [0.4, 0.5) is 68.2 Å². The van der Waals surface area contributed by atoms with E-state index in [4.69, 9.17) is 18.3 Å². The van der Waals surface area contributed by atoms with Gasteiger partial charge >= 0.3 is 0 Å². The van der Waals surface area contributed by atoms with Gasteiger partial charge in [-0.1, -0.05) is 343 Å². The molecule has 25 aromatic carbocycles. The van der Waals surface area contributed by atoms with Crippen LogP contribution in [0.2, 0.25) is 0 Å². The van der Waals surface area contributed by atoms with Crippen LogP contribution in [-0.4, -0.2) is 9.13 Å². The smallest absolute Gasteiger partial charge is 0.152 e. The summed E-state index contributed by atoms with van der Waals surface area (Å²) in [4.78, 5) is 10.00. The molecule has 29 aromatic rings. The maximum Gasteiger partial charge on any atom is 0.152 e. The first kappa shape index (κ1) is 84.2. The van der Waals surface area contributed by atoms with Crippen LogP contribution >= 0.6 is 0 Å². The molecule has 0 fully saturated rings. The number of furan rings is 2. The topological polar surface area (TPSA) is 67.6 Å². The maximum atomic E-state index is 7.04. The molecule has 0 saturated heterocycles. The largest absolute Gasteiger partial charge is 0.455 e. The molecule has 4 aromatic heterocycles. The fourth-order valence-electron chi connectivity index (χ4n) is 26.5. The number of aryl methyl sites for hydroxylation is 2. The highest BCUT2D eigenvalue weighted by molar-refractivity contribution is 6.34. The summed E-state index contributed by atoms with van der Waals surface area (Å²) in [5.74, 6) is 3.06. The molecule has 0 amide bonds. The molecule has 0 saturated carbocycles. The lowest BCUT2D eigenvalue weighted by atomic mass is 9.72. The number of aromatic nitrogens is 2. The molecule has 150 heavy (non-hydrogen) atoms. The van der Waals surface area contributed by atoms with Crippen molar-refractivity contribution in [1.82, 2.24) is 9.13 Å². The normalized spacial score (nSPS) is 13.8. The summed E-state index contributed by atoms with van der Waals surface area (Å²) in [6.45, 7) is 14.1. The highest BCUT2D eigenvalue weighted by atomic mass is 16.5. The van der Waals surface area contributed by atoms with Gasteiger partial charge in [-0.3, -0.25) is 0 Å². The molecule has 10 heteroatoms. The second-order valence-electron chi connectivity index (χ2n) is 42.1. The van der Waals surface area contributed by atoms with E-state index in [1.54, 1.807) is 0 Å². The van der Waals surface area contributed by atoms with E-state index >= 15 is 0 Å². The fourth-order valence-corrected chi connectivity index (χ4v) is 26.5. The van der Waals surface area contributed by atoms with Crippen molar-refractivity contribution in [3.8, 4) is 34.4 Å². The van der Waals surface area contributed by atoms with Crippen LogP contribution in [0, 0.1) is 13.8 Å². The summed E-state index contributed by atoms with van der Waals surface area (Å²) in [5, 5.41) is 30.1. The maximum absolute atomic E-state index is 7.04. The molecule has 0 N–H and O–H groups in total. The molecule has 0 atom stereocenters. The van der Waals surface area contributed by atoms with Gasteiger partial charge in [0.15, 0.2) is 23.0 Å². The Hall–Kier alpha value is -19.2. The van der Waals surface area contributed by atoms with Gasteiger partial charge in [-0.05, 0) is 222 Å². The second-order valence-corrected chi connectivity index (χ2v) is 42.1. The lowest BCUT2D eigenvalue weighted by Crippen LogP contribution is -2.31. The number of benzene rings is 25. The molecule has 8 heterocycles. The molecular formula is C140H92N6O4. The summed E-state index contributed by atoms with van der Waals surface area (Å²) in [7, 11) is 0. The van der Waals surface area contributed by atoms with Gasteiger partial charge in [0.25, 0.3) is 0 Å². The lowest BCUT2D eigenvalue weighted by Gasteiger charge is -2.43. The number of anilines is 12. The van der Waals surface area contributed by atoms with Crippen LogP contribution in [0.5, 0.6) is 23.0 Å². The third-order valence-electron chi connectivity index (χ3n) is 33.2. The van der Waals surface area contributed by atoms with Gasteiger partial charge in [0, 0.05) is 121 Å². The van der Waals surface area contributed by atoms with Gasteiger partial charge in [-0.25, -0.2) is 0 Å². The first-order valence-corrected chi connectivity index (χ1v) is 51.9. The number of nitrogens with zero attached hydrogens (tertiary/aromatic N) is 6. The standard InChI is InChI=1S/C74H56N4.C66H36N2O4/c1-45-33-35-59-69(37-45)77(71-43-67-57(39-61(71)73(59,3)4)53-29-17-19-31-63(53)75(67)47-21-9-7-10-22-47)65-41-55-50-26-14-16-28-52(50)66(42-56(55)49-25-13-15-27-51(49)65)78-70-38-46(2)34-36-60(70)74(5,6)62-40-58-54-30-18-20-32-64(54)76(68(58)44-72(62)78)48-23-11-8-12-24-48;1-5-21-41-37(17-1)39-19-3-11-27-47(39)65-61(41)49-33-59-53(35-57(49)71-65)67(51-29-13-15-31-55(51)69-59)63-43-23-7-9-25-45(43)64(46-26-10-8-24-44(46)63)68-52-30-14-16-32-56(52)70-60-34-50-58(36-54(60)68)72-66-48-28-12-4-20-40(48)38-18-2-6-22-42(38)62(50)66/h7-44H,1-6H3;1-36H. The minimum absolute atomic E-state index is 0.289. The number of hydrogen-bond donors (Lipinski definition) is 0. The van der Waals surface area contributed by atoms with Gasteiger partial charge in [0.1, 0.15) is 22.3 Å². The number of fused-ring (bicyclic) bond motifs is 37. The first-order valence-electron chi connectivity index (χ1n) is 51.9. The van der Waals surface area contributed by atoms with E-state index < -0.39 is 0 Å². The Morgan fingerprint density at radius 2 is 0.487 bits per heavy atom. The van der Waals surface area contributed by atoms with Crippen molar-refractivity contribution < 1.29 is 18.3 Å². The van der Waals surface area contributed by atoms with Crippen molar-refractivity contribution in [1.29, 1.82) is 0 Å². The molecule has 0 aliphatic carbocycles. The third-order valence-corrected chi connectivity index (χ3v) is 33.2. The Labute approximate surface area is 862 Å².